The first-order valence-electron chi connectivity index (χ1n) is 19.3. The highest BCUT2D eigenvalue weighted by atomic mass is 16.3. The number of hydrogen-bond acceptors (Lipinski definition) is 2. The number of nitrogens with zero attached hydrogens (tertiary/aromatic N) is 1. The summed E-state index contributed by atoms with van der Waals surface area (Å²) in [5.74, 6) is 0. The Morgan fingerprint density at radius 2 is 0.839 bits per heavy atom. The second-order valence-electron chi connectivity index (χ2n) is 14.8. The SMILES string of the molecule is c1ccc(-c2ccccc2N(c2ccc(-c3ccc4c(c3)-c3c5cccc3-c3cccc-4c3-c3ccccc3-5)cc2)c2cccc3oc4ccccc4c23)cc1. The maximum atomic E-state index is 6.41. The van der Waals surface area contributed by atoms with Crippen LogP contribution in [0.1, 0.15) is 0 Å². The average Bonchev–Trinajstić information content (AvgIpc) is 3.61. The molecule has 10 aromatic rings. The van der Waals surface area contributed by atoms with Crippen LogP contribution in [0, 0.1) is 0 Å². The summed E-state index contributed by atoms with van der Waals surface area (Å²) in [7, 11) is 0. The van der Waals surface area contributed by atoms with Crippen molar-refractivity contribution in [3.63, 3.8) is 0 Å². The summed E-state index contributed by atoms with van der Waals surface area (Å²) >= 11 is 0. The summed E-state index contributed by atoms with van der Waals surface area (Å²) in [6.45, 7) is 0. The van der Waals surface area contributed by atoms with Crippen LogP contribution in [0.2, 0.25) is 0 Å². The van der Waals surface area contributed by atoms with Crippen LogP contribution in [0.5, 0.6) is 0 Å². The molecule has 0 radical (unpaired) electrons. The van der Waals surface area contributed by atoms with E-state index < -0.39 is 0 Å². The van der Waals surface area contributed by atoms with Crippen LogP contribution in [-0.4, -0.2) is 0 Å². The normalized spacial score (nSPS) is 11.9. The summed E-state index contributed by atoms with van der Waals surface area (Å²) in [5.41, 5.74) is 22.7. The summed E-state index contributed by atoms with van der Waals surface area (Å²) in [6, 6.07) is 72.8. The number of furan rings is 1. The lowest BCUT2D eigenvalue weighted by atomic mass is 9.83. The first-order chi connectivity index (χ1) is 27.8. The smallest absolute Gasteiger partial charge is 0.137 e. The lowest BCUT2D eigenvalue weighted by Crippen LogP contribution is -2.11. The number of rotatable bonds is 5. The second kappa shape index (κ2) is 12.0. The molecule has 6 bridgehead atoms. The number of hydrogen-bond donors (Lipinski definition) is 0. The minimum Gasteiger partial charge on any atom is -0.456 e. The van der Waals surface area contributed by atoms with Crippen molar-refractivity contribution >= 4 is 39.0 Å². The highest BCUT2D eigenvalue weighted by Gasteiger charge is 2.31. The third-order valence-electron chi connectivity index (χ3n) is 11.8. The lowest BCUT2D eigenvalue weighted by Gasteiger charge is -2.28. The molecule has 0 spiro atoms. The van der Waals surface area contributed by atoms with E-state index in [1.165, 1.54) is 72.3 Å². The van der Waals surface area contributed by atoms with E-state index in [1.54, 1.807) is 0 Å². The Kier molecular flexibility index (Phi) is 6.66. The van der Waals surface area contributed by atoms with Crippen LogP contribution in [0.25, 0.3) is 99.8 Å². The summed E-state index contributed by atoms with van der Waals surface area (Å²) < 4.78 is 6.41. The van der Waals surface area contributed by atoms with Gasteiger partial charge in [-0.2, -0.15) is 0 Å². The molecule has 2 aliphatic rings. The first-order valence-corrected chi connectivity index (χ1v) is 19.3. The van der Waals surface area contributed by atoms with Gasteiger partial charge in [-0.05, 0) is 115 Å². The molecule has 0 fully saturated rings. The molecule has 2 nitrogen and oxygen atoms in total. The largest absolute Gasteiger partial charge is 0.456 e. The third kappa shape index (κ3) is 4.50. The molecular formula is C54H33NO. The van der Waals surface area contributed by atoms with Crippen molar-refractivity contribution in [3.8, 4) is 77.9 Å². The maximum absolute atomic E-state index is 6.41. The Morgan fingerprint density at radius 3 is 1.62 bits per heavy atom. The predicted octanol–water partition coefficient (Wildman–Crippen LogP) is 15.4. The van der Waals surface area contributed by atoms with Crippen LogP contribution in [0.4, 0.5) is 17.1 Å². The zero-order valence-corrected chi connectivity index (χ0v) is 30.4. The molecule has 2 heteroatoms. The molecule has 260 valence electrons. The van der Waals surface area contributed by atoms with Gasteiger partial charge in [-0.15, -0.1) is 0 Å². The molecule has 0 aliphatic heterocycles. The van der Waals surface area contributed by atoms with Crippen LogP contribution in [0.3, 0.4) is 0 Å². The van der Waals surface area contributed by atoms with Gasteiger partial charge in [-0.25, -0.2) is 0 Å². The van der Waals surface area contributed by atoms with E-state index in [-0.39, 0.29) is 0 Å². The standard InChI is InChI=1S/C54H33NO/c1-2-13-35(14-3-1)38-15-6-8-23-48(38)55(49-24-12-26-51-54(49)46-18-7-9-25-50(46)56-51)37-30-27-34(28-31-37)36-29-32-40-43-20-11-21-44-45-22-10-19-42(53(45)47(40)33-36)39-16-4-5-17-41(39)52(43)44/h1-33H. The van der Waals surface area contributed by atoms with E-state index in [0.29, 0.717) is 0 Å². The van der Waals surface area contributed by atoms with Gasteiger partial charge in [0.05, 0.1) is 16.8 Å². The van der Waals surface area contributed by atoms with E-state index >= 15 is 0 Å². The molecule has 0 unspecified atom stereocenters. The van der Waals surface area contributed by atoms with Crippen molar-refractivity contribution in [3.05, 3.63) is 200 Å². The number of fused-ring (bicyclic) bond motifs is 7. The lowest BCUT2D eigenvalue weighted by molar-refractivity contribution is 0.669. The minimum absolute atomic E-state index is 0.872. The van der Waals surface area contributed by atoms with Crippen LogP contribution in [-0.2, 0) is 0 Å². The summed E-state index contributed by atoms with van der Waals surface area (Å²) in [4.78, 5) is 2.40. The van der Waals surface area contributed by atoms with E-state index in [9.17, 15) is 0 Å². The van der Waals surface area contributed by atoms with Gasteiger partial charge in [0.1, 0.15) is 11.2 Å². The molecular weight excluding hydrogens is 679 g/mol. The van der Waals surface area contributed by atoms with E-state index in [1.807, 2.05) is 6.07 Å². The second-order valence-corrected chi connectivity index (χ2v) is 14.8. The van der Waals surface area contributed by atoms with E-state index in [4.69, 9.17) is 4.42 Å². The average molecular weight is 712 g/mol. The Morgan fingerprint density at radius 1 is 0.304 bits per heavy atom. The topological polar surface area (TPSA) is 16.4 Å². The number of para-hydroxylation sites is 2. The molecule has 9 aromatic carbocycles. The van der Waals surface area contributed by atoms with E-state index in [0.717, 1.165) is 44.6 Å². The van der Waals surface area contributed by atoms with Crippen molar-refractivity contribution in [1.29, 1.82) is 0 Å². The zero-order valence-electron chi connectivity index (χ0n) is 30.4. The summed E-state index contributed by atoms with van der Waals surface area (Å²) in [6.07, 6.45) is 0. The fourth-order valence-corrected chi connectivity index (χ4v) is 9.37. The van der Waals surface area contributed by atoms with Crippen molar-refractivity contribution in [1.82, 2.24) is 0 Å². The number of anilines is 3. The molecule has 1 heterocycles. The molecule has 2 aliphatic carbocycles. The van der Waals surface area contributed by atoms with Gasteiger partial charge in [0.25, 0.3) is 0 Å². The molecule has 0 N–H and O–H groups in total. The van der Waals surface area contributed by atoms with Gasteiger partial charge >= 0.3 is 0 Å². The van der Waals surface area contributed by atoms with Gasteiger partial charge in [0.2, 0.25) is 0 Å². The van der Waals surface area contributed by atoms with Crippen LogP contribution < -0.4 is 4.90 Å². The molecule has 0 saturated carbocycles. The van der Waals surface area contributed by atoms with Crippen LogP contribution >= 0.6 is 0 Å². The fraction of sp³-hybridized carbons (Fsp3) is 0. The molecule has 1 aromatic heterocycles. The maximum Gasteiger partial charge on any atom is 0.137 e. The van der Waals surface area contributed by atoms with Gasteiger partial charge in [0, 0.05) is 16.6 Å². The minimum atomic E-state index is 0.872. The zero-order chi connectivity index (χ0) is 36.7. The fourth-order valence-electron chi connectivity index (χ4n) is 9.37. The molecule has 0 saturated heterocycles. The Hall–Kier alpha value is -7.42. The molecule has 0 amide bonds. The van der Waals surface area contributed by atoms with E-state index in [2.05, 4.69) is 199 Å². The Bertz CT molecular complexity index is 3170. The van der Waals surface area contributed by atoms with Crippen molar-refractivity contribution in [2.75, 3.05) is 4.90 Å². The van der Waals surface area contributed by atoms with Gasteiger partial charge < -0.3 is 9.32 Å². The van der Waals surface area contributed by atoms with Crippen LogP contribution in [0.15, 0.2) is 205 Å². The Labute approximate surface area is 325 Å². The highest BCUT2D eigenvalue weighted by molar-refractivity contribution is 6.16. The predicted molar refractivity (Wildman–Crippen MR) is 234 cm³/mol. The molecule has 12 rings (SSSR count). The van der Waals surface area contributed by atoms with Crippen molar-refractivity contribution in [2.24, 2.45) is 0 Å². The Balaban J connectivity index is 1.04. The molecule has 56 heavy (non-hydrogen) atoms. The van der Waals surface area contributed by atoms with Gasteiger partial charge in [0.15, 0.2) is 0 Å². The summed E-state index contributed by atoms with van der Waals surface area (Å²) in [5, 5.41) is 2.20. The van der Waals surface area contributed by atoms with Crippen molar-refractivity contribution in [2.45, 2.75) is 0 Å². The highest BCUT2D eigenvalue weighted by Crippen LogP contribution is 2.57. The quantitative estimate of drug-likeness (QED) is 0.177. The monoisotopic (exact) mass is 711 g/mol. The number of benzene rings is 9. The van der Waals surface area contributed by atoms with Crippen molar-refractivity contribution < 1.29 is 4.42 Å². The first kappa shape index (κ1) is 31.0. The van der Waals surface area contributed by atoms with Gasteiger partial charge in [-0.1, -0.05) is 158 Å². The molecule has 0 atom stereocenters. The third-order valence-corrected chi connectivity index (χ3v) is 11.8. The van der Waals surface area contributed by atoms with Gasteiger partial charge in [-0.3, -0.25) is 0 Å².